The lowest BCUT2D eigenvalue weighted by atomic mass is 10.1. The van der Waals surface area contributed by atoms with Crippen LogP contribution < -0.4 is 5.32 Å². The quantitative estimate of drug-likeness (QED) is 0.520. The Kier molecular flexibility index (Phi) is 3.75. The normalized spacial score (nSPS) is 11.2. The third-order valence-corrected chi connectivity index (χ3v) is 4.28. The Morgan fingerprint density at radius 1 is 1.12 bits per heavy atom. The molecular weight excluding hydrogens is 300 g/mol. The van der Waals surface area contributed by atoms with E-state index in [1.807, 2.05) is 36.5 Å². The van der Waals surface area contributed by atoms with Crippen LogP contribution in [0, 0.1) is 0 Å². The van der Waals surface area contributed by atoms with Gasteiger partial charge < -0.3 is 10.3 Å². The minimum Gasteiger partial charge on any atom is -0.361 e. The lowest BCUT2D eigenvalue weighted by Crippen LogP contribution is -2.11. The molecular formula is C19H18N4O. The lowest BCUT2D eigenvalue weighted by Gasteiger charge is -2.06. The molecule has 2 aromatic carbocycles. The zero-order chi connectivity index (χ0) is 16.4. The second-order valence-corrected chi connectivity index (χ2v) is 5.90. The summed E-state index contributed by atoms with van der Waals surface area (Å²) >= 11 is 0. The fourth-order valence-electron chi connectivity index (χ4n) is 3.06. The molecule has 5 heteroatoms. The second-order valence-electron chi connectivity index (χ2n) is 5.90. The van der Waals surface area contributed by atoms with Gasteiger partial charge >= 0.3 is 0 Å². The van der Waals surface area contributed by atoms with E-state index in [1.165, 1.54) is 10.9 Å². The maximum Gasteiger partial charge on any atom is 0.224 e. The summed E-state index contributed by atoms with van der Waals surface area (Å²) in [6, 6.07) is 14.0. The molecule has 120 valence electrons. The number of carbonyl (C=O) groups is 1. The van der Waals surface area contributed by atoms with Crippen LogP contribution in [-0.4, -0.2) is 21.1 Å². The number of nitrogens with one attached hydrogen (secondary N) is 3. The molecule has 3 N–H and O–H groups in total. The average molecular weight is 318 g/mol. The number of H-pyrrole nitrogens is 2. The number of aromatic nitrogens is 3. The number of rotatable bonds is 5. The van der Waals surface area contributed by atoms with Crippen molar-refractivity contribution in [3.05, 3.63) is 60.4 Å². The first-order chi connectivity index (χ1) is 11.8. The van der Waals surface area contributed by atoms with E-state index in [9.17, 15) is 4.79 Å². The zero-order valence-electron chi connectivity index (χ0n) is 13.2. The van der Waals surface area contributed by atoms with Gasteiger partial charge in [0.15, 0.2) is 0 Å². The standard InChI is InChI=1S/C19H18N4O/c24-18(22-17-9-3-6-14-12-21-23-19(14)17)10-4-5-13-11-20-16-8-2-1-7-15(13)16/h1-3,6-9,11-12,20H,4-5,10H2,(H,21,23)(H,22,24). The number of amides is 1. The summed E-state index contributed by atoms with van der Waals surface area (Å²) in [5, 5.41) is 12.1. The number of hydrogen-bond acceptors (Lipinski definition) is 2. The molecule has 2 heterocycles. The highest BCUT2D eigenvalue weighted by molar-refractivity contribution is 6.00. The lowest BCUT2D eigenvalue weighted by molar-refractivity contribution is -0.116. The molecule has 2 aromatic heterocycles. The van der Waals surface area contributed by atoms with Gasteiger partial charge in [-0.05, 0) is 30.5 Å². The number of fused-ring (bicyclic) bond motifs is 2. The summed E-state index contributed by atoms with van der Waals surface area (Å²) in [5.74, 6) is 0.0249. The number of anilines is 1. The Morgan fingerprint density at radius 2 is 2.04 bits per heavy atom. The van der Waals surface area contributed by atoms with Gasteiger partial charge in [-0.1, -0.05) is 30.3 Å². The van der Waals surface area contributed by atoms with Crippen LogP contribution in [0.3, 0.4) is 0 Å². The molecule has 0 unspecified atom stereocenters. The average Bonchev–Trinajstić information content (AvgIpc) is 3.23. The van der Waals surface area contributed by atoms with E-state index in [0.717, 1.165) is 34.9 Å². The molecule has 0 fully saturated rings. The largest absolute Gasteiger partial charge is 0.361 e. The number of hydrogen-bond donors (Lipinski definition) is 3. The summed E-state index contributed by atoms with van der Waals surface area (Å²) in [5.41, 5.74) is 4.04. The highest BCUT2D eigenvalue weighted by Crippen LogP contribution is 2.22. The number of para-hydroxylation sites is 2. The Balaban J connectivity index is 1.38. The molecule has 5 nitrogen and oxygen atoms in total. The molecule has 1 amide bonds. The third-order valence-electron chi connectivity index (χ3n) is 4.28. The van der Waals surface area contributed by atoms with Crippen molar-refractivity contribution >= 4 is 33.4 Å². The van der Waals surface area contributed by atoms with E-state index < -0.39 is 0 Å². The van der Waals surface area contributed by atoms with Crippen LogP contribution in [0.25, 0.3) is 21.8 Å². The maximum atomic E-state index is 12.2. The molecule has 0 bridgehead atoms. The van der Waals surface area contributed by atoms with Crippen LogP contribution in [0.4, 0.5) is 5.69 Å². The van der Waals surface area contributed by atoms with Gasteiger partial charge in [0.1, 0.15) is 0 Å². The van der Waals surface area contributed by atoms with E-state index in [4.69, 9.17) is 0 Å². The molecule has 0 aliphatic heterocycles. The number of aryl methyl sites for hydroxylation is 1. The first-order valence-corrected chi connectivity index (χ1v) is 8.08. The minimum atomic E-state index is 0.0249. The van der Waals surface area contributed by atoms with Crippen LogP contribution >= 0.6 is 0 Å². The topological polar surface area (TPSA) is 73.6 Å². The summed E-state index contributed by atoms with van der Waals surface area (Å²) < 4.78 is 0. The van der Waals surface area contributed by atoms with E-state index in [2.05, 4.69) is 32.6 Å². The van der Waals surface area contributed by atoms with Crippen LogP contribution in [-0.2, 0) is 11.2 Å². The van der Waals surface area contributed by atoms with Crippen LogP contribution in [0.15, 0.2) is 54.9 Å². The summed E-state index contributed by atoms with van der Waals surface area (Å²) in [6.07, 6.45) is 5.97. The molecule has 0 radical (unpaired) electrons. The van der Waals surface area contributed by atoms with E-state index >= 15 is 0 Å². The van der Waals surface area contributed by atoms with Crippen LogP contribution in [0.1, 0.15) is 18.4 Å². The van der Waals surface area contributed by atoms with Crippen molar-refractivity contribution in [2.45, 2.75) is 19.3 Å². The highest BCUT2D eigenvalue weighted by atomic mass is 16.1. The number of aromatic amines is 2. The first kappa shape index (κ1) is 14.5. The van der Waals surface area contributed by atoms with Crippen LogP contribution in [0.2, 0.25) is 0 Å². The van der Waals surface area contributed by atoms with Gasteiger partial charge in [-0.3, -0.25) is 9.89 Å². The van der Waals surface area contributed by atoms with Crippen molar-refractivity contribution in [3.63, 3.8) is 0 Å². The fraction of sp³-hybridized carbons (Fsp3) is 0.158. The van der Waals surface area contributed by atoms with Crippen molar-refractivity contribution in [1.82, 2.24) is 15.2 Å². The Morgan fingerprint density at radius 3 is 3.00 bits per heavy atom. The molecule has 0 atom stereocenters. The Bertz CT molecular complexity index is 999. The van der Waals surface area contributed by atoms with Crippen molar-refractivity contribution < 1.29 is 4.79 Å². The predicted octanol–water partition coefficient (Wildman–Crippen LogP) is 4.01. The Labute approximate surface area is 139 Å². The molecule has 0 saturated heterocycles. The number of carbonyl (C=O) groups excluding carboxylic acids is 1. The molecule has 0 aliphatic rings. The molecule has 4 rings (SSSR count). The second kappa shape index (κ2) is 6.20. The van der Waals surface area contributed by atoms with Crippen molar-refractivity contribution in [1.29, 1.82) is 0 Å². The summed E-state index contributed by atoms with van der Waals surface area (Å²) in [7, 11) is 0. The third kappa shape index (κ3) is 2.76. The molecule has 0 saturated carbocycles. The number of nitrogens with zero attached hydrogens (tertiary/aromatic N) is 1. The number of benzene rings is 2. The summed E-state index contributed by atoms with van der Waals surface area (Å²) in [6.45, 7) is 0. The maximum absolute atomic E-state index is 12.2. The predicted molar refractivity (Wildman–Crippen MR) is 96.0 cm³/mol. The minimum absolute atomic E-state index is 0.0249. The molecule has 24 heavy (non-hydrogen) atoms. The van der Waals surface area contributed by atoms with Crippen molar-refractivity contribution in [2.75, 3.05) is 5.32 Å². The van der Waals surface area contributed by atoms with Gasteiger partial charge in [0.05, 0.1) is 17.4 Å². The van der Waals surface area contributed by atoms with Gasteiger partial charge in [-0.2, -0.15) is 5.10 Å². The first-order valence-electron chi connectivity index (χ1n) is 8.08. The monoisotopic (exact) mass is 318 g/mol. The van der Waals surface area contributed by atoms with Crippen LogP contribution in [0.5, 0.6) is 0 Å². The smallest absolute Gasteiger partial charge is 0.224 e. The van der Waals surface area contributed by atoms with Gasteiger partial charge in [-0.15, -0.1) is 0 Å². The molecule has 0 spiro atoms. The van der Waals surface area contributed by atoms with Gasteiger partial charge in [0, 0.05) is 28.9 Å². The molecule has 0 aliphatic carbocycles. The van der Waals surface area contributed by atoms with Gasteiger partial charge in [0.25, 0.3) is 0 Å². The molecule has 4 aromatic rings. The zero-order valence-corrected chi connectivity index (χ0v) is 13.2. The SMILES string of the molecule is O=C(CCCc1c[nH]c2ccccc12)Nc1cccc2cn[nH]c12. The van der Waals surface area contributed by atoms with Gasteiger partial charge in [-0.25, -0.2) is 0 Å². The van der Waals surface area contributed by atoms with Crippen molar-refractivity contribution in [2.24, 2.45) is 0 Å². The van der Waals surface area contributed by atoms with E-state index in [0.29, 0.717) is 6.42 Å². The summed E-state index contributed by atoms with van der Waals surface area (Å²) in [4.78, 5) is 15.5. The van der Waals surface area contributed by atoms with Gasteiger partial charge in [0.2, 0.25) is 5.91 Å². The van der Waals surface area contributed by atoms with E-state index in [-0.39, 0.29) is 5.91 Å². The fourth-order valence-corrected chi connectivity index (χ4v) is 3.06. The Hall–Kier alpha value is -3.08. The van der Waals surface area contributed by atoms with E-state index in [1.54, 1.807) is 6.20 Å². The highest BCUT2D eigenvalue weighted by Gasteiger charge is 2.08. The van der Waals surface area contributed by atoms with Crippen molar-refractivity contribution in [3.8, 4) is 0 Å².